The number of hydrogen-bond acceptors (Lipinski definition) is 6. The molecule has 0 aromatic carbocycles. The molecule has 0 amide bonds. The number of ether oxygens (including phenoxy) is 1. The van der Waals surface area contributed by atoms with Crippen molar-refractivity contribution in [3.8, 4) is 0 Å². The zero-order chi connectivity index (χ0) is 24.0. The van der Waals surface area contributed by atoms with Crippen LogP contribution in [0.2, 0.25) is 0 Å². The van der Waals surface area contributed by atoms with Crippen molar-refractivity contribution in [3.63, 3.8) is 0 Å². The smallest absolute Gasteiger partial charge is 0.306 e. The summed E-state index contributed by atoms with van der Waals surface area (Å²) >= 11 is 0. The van der Waals surface area contributed by atoms with E-state index < -0.39 is 29.5 Å². The fourth-order valence-electron chi connectivity index (χ4n) is 8.25. The highest BCUT2D eigenvalue weighted by atomic mass is 16.6. The van der Waals surface area contributed by atoms with Gasteiger partial charge in [0.2, 0.25) is 5.78 Å². The Morgan fingerprint density at radius 3 is 2.61 bits per heavy atom. The Morgan fingerprint density at radius 2 is 1.91 bits per heavy atom. The van der Waals surface area contributed by atoms with Crippen molar-refractivity contribution >= 4 is 17.5 Å². The molecule has 0 heterocycles. The summed E-state index contributed by atoms with van der Waals surface area (Å²) in [6.07, 6.45) is 8.55. The summed E-state index contributed by atoms with van der Waals surface area (Å²) in [5.74, 6) is -0.284. The van der Waals surface area contributed by atoms with E-state index in [2.05, 4.69) is 13.8 Å². The molecular weight excluding hydrogens is 420 g/mol. The monoisotopic (exact) mass is 460 g/mol. The molecule has 3 saturated carbocycles. The number of Topliss-reactive ketones (excluding diaryl/α,β-unsaturated/α-hetero) is 1. The topological polar surface area (TPSA) is 101 Å². The summed E-state index contributed by atoms with van der Waals surface area (Å²) in [5.41, 5.74) is -1.13. The standard InChI is InChI=1S/C27H40O6/c1-4-5-6-7-23(32)33-27(22(31)16-28)13-11-20-19-9-8-17-14-18(29)10-12-25(17,2)24(19)21(30)15-26(20,27)3/h14,19-21,24,28,30H,4-13,15-16H2,1-3H3. The van der Waals surface area contributed by atoms with E-state index in [0.29, 0.717) is 19.3 Å². The molecule has 0 spiro atoms. The van der Waals surface area contributed by atoms with Crippen LogP contribution in [0, 0.1) is 28.6 Å². The number of carbonyl (C=O) groups is 3. The summed E-state index contributed by atoms with van der Waals surface area (Å²) in [4.78, 5) is 38.1. The fraction of sp³-hybridized carbons (Fsp3) is 0.815. The second-order valence-electron chi connectivity index (χ2n) is 11.5. The summed E-state index contributed by atoms with van der Waals surface area (Å²) in [6.45, 7) is 5.59. The van der Waals surface area contributed by atoms with Crippen molar-refractivity contribution in [3.05, 3.63) is 11.6 Å². The van der Waals surface area contributed by atoms with Gasteiger partial charge in [-0.2, -0.15) is 0 Å². The second kappa shape index (κ2) is 8.92. The molecule has 0 aliphatic heterocycles. The van der Waals surface area contributed by atoms with Gasteiger partial charge in [0.25, 0.3) is 0 Å². The SMILES string of the molecule is CCCCCC(=O)OC1(C(=O)CO)CCC2C3CCC4=CC(=O)CCC4(C)C3C(O)CC21C. The molecule has 4 aliphatic rings. The van der Waals surface area contributed by atoms with E-state index in [-0.39, 0.29) is 41.3 Å². The quantitative estimate of drug-likeness (QED) is 0.441. The van der Waals surface area contributed by atoms with E-state index in [0.717, 1.165) is 44.9 Å². The molecule has 2 N–H and O–H groups in total. The first-order chi connectivity index (χ1) is 15.6. The summed E-state index contributed by atoms with van der Waals surface area (Å²) in [5, 5.41) is 21.4. The lowest BCUT2D eigenvalue weighted by atomic mass is 9.45. The summed E-state index contributed by atoms with van der Waals surface area (Å²) < 4.78 is 6.03. The lowest BCUT2D eigenvalue weighted by Gasteiger charge is -2.60. The van der Waals surface area contributed by atoms with E-state index in [9.17, 15) is 24.6 Å². The largest absolute Gasteiger partial charge is 0.450 e. The number of aliphatic hydroxyl groups is 2. The molecule has 4 aliphatic carbocycles. The number of hydrogen-bond donors (Lipinski definition) is 2. The van der Waals surface area contributed by atoms with Crippen LogP contribution < -0.4 is 0 Å². The first-order valence-electron chi connectivity index (χ1n) is 12.9. The molecule has 4 rings (SSSR count). The van der Waals surface area contributed by atoms with E-state index >= 15 is 0 Å². The van der Waals surface area contributed by atoms with Crippen LogP contribution in [0.4, 0.5) is 0 Å². The van der Waals surface area contributed by atoms with Gasteiger partial charge in [-0.3, -0.25) is 14.4 Å². The third-order valence-corrected chi connectivity index (χ3v) is 9.88. The van der Waals surface area contributed by atoms with Gasteiger partial charge in [0.1, 0.15) is 6.61 Å². The Balaban J connectivity index is 1.66. The Hall–Kier alpha value is -1.53. The minimum atomic E-state index is -1.37. The molecule has 7 unspecified atom stereocenters. The summed E-state index contributed by atoms with van der Waals surface area (Å²) in [7, 11) is 0. The Bertz CT molecular complexity index is 848. The molecule has 7 atom stereocenters. The predicted octanol–water partition coefficient (Wildman–Crippen LogP) is 3.91. The average molecular weight is 461 g/mol. The lowest BCUT2D eigenvalue weighted by molar-refractivity contribution is -0.202. The molecule has 6 heteroatoms. The van der Waals surface area contributed by atoms with Gasteiger partial charge < -0.3 is 14.9 Å². The number of esters is 1. The van der Waals surface area contributed by atoms with Crippen molar-refractivity contribution in [1.82, 2.24) is 0 Å². The Kier molecular flexibility index (Phi) is 6.65. The molecular formula is C27H40O6. The molecule has 0 bridgehead atoms. The zero-order valence-corrected chi connectivity index (χ0v) is 20.4. The first-order valence-corrected chi connectivity index (χ1v) is 12.9. The number of aliphatic hydroxyl groups excluding tert-OH is 2. The minimum Gasteiger partial charge on any atom is -0.450 e. The zero-order valence-electron chi connectivity index (χ0n) is 20.4. The first kappa shape index (κ1) is 24.6. The van der Waals surface area contributed by atoms with Crippen molar-refractivity contribution in [2.24, 2.45) is 28.6 Å². The van der Waals surface area contributed by atoms with Gasteiger partial charge in [-0.05, 0) is 74.2 Å². The molecule has 6 nitrogen and oxygen atoms in total. The fourth-order valence-corrected chi connectivity index (χ4v) is 8.25. The third kappa shape index (κ3) is 3.72. The number of carbonyl (C=O) groups excluding carboxylic acids is 3. The lowest BCUT2D eigenvalue weighted by Crippen LogP contribution is -2.63. The number of unbranched alkanes of at least 4 members (excludes halogenated alkanes) is 2. The molecule has 0 radical (unpaired) electrons. The molecule has 0 aromatic rings. The van der Waals surface area contributed by atoms with Crippen molar-refractivity contribution in [2.75, 3.05) is 6.61 Å². The van der Waals surface area contributed by atoms with E-state index in [4.69, 9.17) is 4.74 Å². The van der Waals surface area contributed by atoms with Crippen LogP contribution in [0.3, 0.4) is 0 Å². The maximum Gasteiger partial charge on any atom is 0.306 e. The van der Waals surface area contributed by atoms with Crippen LogP contribution in [0.25, 0.3) is 0 Å². The predicted molar refractivity (Wildman–Crippen MR) is 123 cm³/mol. The molecule has 0 aromatic heterocycles. The summed E-state index contributed by atoms with van der Waals surface area (Å²) in [6, 6.07) is 0. The second-order valence-corrected chi connectivity index (χ2v) is 11.5. The molecule has 0 saturated heterocycles. The van der Waals surface area contributed by atoms with Crippen LogP contribution in [-0.4, -0.2) is 46.1 Å². The van der Waals surface area contributed by atoms with E-state index in [1.807, 2.05) is 13.0 Å². The van der Waals surface area contributed by atoms with Gasteiger partial charge in [-0.15, -0.1) is 0 Å². The van der Waals surface area contributed by atoms with Crippen LogP contribution >= 0.6 is 0 Å². The molecule has 33 heavy (non-hydrogen) atoms. The van der Waals surface area contributed by atoms with Gasteiger partial charge in [0, 0.05) is 18.3 Å². The van der Waals surface area contributed by atoms with Crippen molar-refractivity contribution in [1.29, 1.82) is 0 Å². The van der Waals surface area contributed by atoms with Crippen LogP contribution in [-0.2, 0) is 19.1 Å². The van der Waals surface area contributed by atoms with Crippen molar-refractivity contribution < 1.29 is 29.3 Å². The van der Waals surface area contributed by atoms with Gasteiger partial charge in [0.05, 0.1) is 6.10 Å². The van der Waals surface area contributed by atoms with Crippen LogP contribution in [0.5, 0.6) is 0 Å². The maximum absolute atomic E-state index is 13.2. The van der Waals surface area contributed by atoms with E-state index in [1.54, 1.807) is 0 Å². The van der Waals surface area contributed by atoms with Gasteiger partial charge in [0.15, 0.2) is 11.4 Å². The third-order valence-electron chi connectivity index (χ3n) is 9.88. The number of allylic oxidation sites excluding steroid dienone is 1. The Morgan fingerprint density at radius 1 is 1.15 bits per heavy atom. The number of fused-ring (bicyclic) bond motifs is 5. The van der Waals surface area contributed by atoms with Gasteiger partial charge in [-0.25, -0.2) is 0 Å². The number of rotatable bonds is 7. The highest BCUT2D eigenvalue weighted by Gasteiger charge is 2.70. The van der Waals surface area contributed by atoms with Crippen LogP contribution in [0.1, 0.15) is 91.4 Å². The molecule has 184 valence electrons. The van der Waals surface area contributed by atoms with Gasteiger partial charge in [-0.1, -0.05) is 39.2 Å². The molecule has 3 fully saturated rings. The van der Waals surface area contributed by atoms with Crippen molar-refractivity contribution in [2.45, 2.75) is 103 Å². The van der Waals surface area contributed by atoms with Gasteiger partial charge >= 0.3 is 5.97 Å². The highest BCUT2D eigenvalue weighted by molar-refractivity contribution is 5.92. The minimum absolute atomic E-state index is 0.0314. The maximum atomic E-state index is 13.2. The Labute approximate surface area is 197 Å². The number of ketones is 2. The average Bonchev–Trinajstić information content (AvgIpc) is 3.06. The van der Waals surface area contributed by atoms with E-state index in [1.165, 1.54) is 5.57 Å². The highest BCUT2D eigenvalue weighted by Crippen LogP contribution is 2.68. The normalized spacial score (nSPS) is 42.1. The van der Waals surface area contributed by atoms with Crippen LogP contribution in [0.15, 0.2) is 11.6 Å².